The van der Waals surface area contributed by atoms with Crippen molar-refractivity contribution in [3.63, 3.8) is 0 Å². The van der Waals surface area contributed by atoms with Crippen LogP contribution in [-0.4, -0.2) is 46.9 Å². The minimum atomic E-state index is -4.87. The van der Waals surface area contributed by atoms with Gasteiger partial charge in [0.15, 0.2) is 5.69 Å². The molecule has 2 atom stereocenters. The number of nitrogens with zero attached hydrogens (tertiary/aromatic N) is 2. The number of nitriles is 1. The summed E-state index contributed by atoms with van der Waals surface area (Å²) < 4.78 is 48.6. The van der Waals surface area contributed by atoms with Gasteiger partial charge in [-0.2, -0.15) is 18.4 Å². The van der Waals surface area contributed by atoms with Gasteiger partial charge in [-0.05, 0) is 13.0 Å². The topological polar surface area (TPSA) is 122 Å². The number of ether oxygens (including phenoxy) is 2. The van der Waals surface area contributed by atoms with Crippen LogP contribution >= 0.6 is 0 Å². The number of carbonyl (C=O) groups is 2. The number of hydrogen-bond acceptors (Lipinski definition) is 7. The van der Waals surface area contributed by atoms with Crippen molar-refractivity contribution in [2.75, 3.05) is 18.5 Å². The molecule has 2 N–H and O–H groups in total. The van der Waals surface area contributed by atoms with Gasteiger partial charge in [-0.25, -0.2) is 9.78 Å². The number of hydrogen-bond donors (Lipinski definition) is 2. The number of rotatable bonds is 4. The first-order valence-corrected chi connectivity index (χ1v) is 7.35. The summed E-state index contributed by atoms with van der Waals surface area (Å²) in [6.45, 7) is 1.34. The van der Waals surface area contributed by atoms with Crippen LogP contribution in [0.1, 0.15) is 24.6 Å². The summed E-state index contributed by atoms with van der Waals surface area (Å²) in [6, 6.07) is 1.77. The van der Waals surface area contributed by atoms with E-state index in [1.54, 1.807) is 0 Å². The number of anilines is 1. The van der Waals surface area contributed by atoms with Gasteiger partial charge in [-0.3, -0.25) is 4.79 Å². The molecule has 1 aliphatic heterocycles. The van der Waals surface area contributed by atoms with Crippen LogP contribution in [0.25, 0.3) is 0 Å². The fourth-order valence-corrected chi connectivity index (χ4v) is 2.06. The average molecular weight is 373 g/mol. The van der Waals surface area contributed by atoms with E-state index in [1.165, 1.54) is 6.07 Å². The first-order valence-electron chi connectivity index (χ1n) is 7.35. The highest BCUT2D eigenvalue weighted by atomic mass is 19.4. The lowest BCUT2D eigenvalue weighted by atomic mass is 10.1. The zero-order valence-electron chi connectivity index (χ0n) is 13.5. The van der Waals surface area contributed by atoms with Crippen molar-refractivity contribution in [1.29, 1.82) is 5.26 Å². The number of aromatic nitrogens is 1. The van der Waals surface area contributed by atoms with Crippen LogP contribution in [-0.2, 0) is 25.2 Å². The molecule has 0 spiro atoms. The Labute approximate surface area is 145 Å². The smallest absolute Gasteiger partial charge is 0.419 e. The number of aliphatic hydroxyl groups is 1. The van der Waals surface area contributed by atoms with Gasteiger partial charge >= 0.3 is 12.1 Å². The number of amides is 1. The van der Waals surface area contributed by atoms with Gasteiger partial charge < -0.3 is 19.9 Å². The molecule has 1 aliphatic rings. The molecule has 1 fully saturated rings. The lowest BCUT2D eigenvalue weighted by molar-refractivity contribution is -0.172. The predicted octanol–water partition coefficient (Wildman–Crippen LogP) is 0.994. The Morgan fingerprint density at radius 3 is 2.73 bits per heavy atom. The molecule has 1 aromatic heterocycles. The SMILES string of the molecule is CC(O)(C(=O)Nc1cnc(C#N)c(C(F)(F)F)c1)C(=O)OC1CCOC1. The Hall–Kier alpha value is -2.71. The molecule has 2 heterocycles. The van der Waals surface area contributed by atoms with E-state index in [-0.39, 0.29) is 6.61 Å². The van der Waals surface area contributed by atoms with Gasteiger partial charge in [-0.15, -0.1) is 0 Å². The number of nitrogens with one attached hydrogen (secondary N) is 1. The van der Waals surface area contributed by atoms with E-state index in [1.807, 2.05) is 5.32 Å². The van der Waals surface area contributed by atoms with Crippen molar-refractivity contribution < 1.29 is 37.3 Å². The van der Waals surface area contributed by atoms with Crippen LogP contribution in [0.2, 0.25) is 0 Å². The second kappa shape index (κ2) is 7.27. The Bertz CT molecular complexity index is 752. The number of halogens is 3. The standard InChI is InChI=1S/C15H14F3N3O5/c1-14(24,13(23)26-9-2-3-25-7-9)12(22)21-8-4-10(15(16,17)18)11(5-19)20-6-8/h4,6,9,24H,2-3,7H2,1H3,(H,21,22). The lowest BCUT2D eigenvalue weighted by Gasteiger charge is -2.22. The highest BCUT2D eigenvalue weighted by molar-refractivity contribution is 6.11. The molecule has 140 valence electrons. The fourth-order valence-electron chi connectivity index (χ4n) is 2.06. The third-order valence-electron chi connectivity index (χ3n) is 3.56. The van der Waals surface area contributed by atoms with E-state index >= 15 is 0 Å². The zero-order chi connectivity index (χ0) is 19.5. The van der Waals surface area contributed by atoms with E-state index in [9.17, 15) is 27.9 Å². The maximum absolute atomic E-state index is 12.9. The van der Waals surface area contributed by atoms with Crippen molar-refractivity contribution in [3.8, 4) is 6.07 Å². The summed E-state index contributed by atoms with van der Waals surface area (Å²) in [4.78, 5) is 27.4. The highest BCUT2D eigenvalue weighted by Crippen LogP contribution is 2.32. The molecule has 26 heavy (non-hydrogen) atoms. The Morgan fingerprint density at radius 1 is 1.50 bits per heavy atom. The molecular formula is C15H14F3N3O5. The van der Waals surface area contributed by atoms with Gasteiger partial charge in [0.25, 0.3) is 5.91 Å². The quantitative estimate of drug-likeness (QED) is 0.596. The summed E-state index contributed by atoms with van der Waals surface area (Å²) in [7, 11) is 0. The minimum Gasteiger partial charge on any atom is -0.457 e. The Kier molecular flexibility index (Phi) is 5.48. The van der Waals surface area contributed by atoms with Crippen LogP contribution < -0.4 is 5.32 Å². The molecule has 0 saturated carbocycles. The van der Waals surface area contributed by atoms with Crippen molar-refractivity contribution in [2.24, 2.45) is 0 Å². The normalized spacial score (nSPS) is 19.3. The monoisotopic (exact) mass is 373 g/mol. The third kappa shape index (κ3) is 4.27. The van der Waals surface area contributed by atoms with Gasteiger partial charge in [-0.1, -0.05) is 0 Å². The van der Waals surface area contributed by atoms with E-state index in [2.05, 4.69) is 4.98 Å². The molecule has 0 aromatic carbocycles. The molecule has 1 amide bonds. The number of pyridine rings is 1. The van der Waals surface area contributed by atoms with Crippen molar-refractivity contribution in [1.82, 2.24) is 4.98 Å². The van der Waals surface area contributed by atoms with Crippen molar-refractivity contribution in [2.45, 2.75) is 31.2 Å². The molecular weight excluding hydrogens is 359 g/mol. The summed E-state index contributed by atoms with van der Waals surface area (Å²) >= 11 is 0. The molecule has 2 unspecified atom stereocenters. The maximum atomic E-state index is 12.9. The molecule has 2 rings (SSSR count). The van der Waals surface area contributed by atoms with Crippen LogP contribution in [0, 0.1) is 11.3 Å². The number of carbonyl (C=O) groups excluding carboxylic acids is 2. The van der Waals surface area contributed by atoms with Gasteiger partial charge in [0.05, 0.1) is 30.7 Å². The zero-order valence-corrected chi connectivity index (χ0v) is 13.5. The molecule has 1 saturated heterocycles. The lowest BCUT2D eigenvalue weighted by Crippen LogP contribution is -2.49. The second-order valence-electron chi connectivity index (χ2n) is 5.65. The fraction of sp³-hybridized carbons (Fsp3) is 0.467. The minimum absolute atomic E-state index is 0.123. The first kappa shape index (κ1) is 19.6. The molecule has 0 aliphatic carbocycles. The third-order valence-corrected chi connectivity index (χ3v) is 3.56. The van der Waals surface area contributed by atoms with Gasteiger partial charge in [0.1, 0.15) is 12.2 Å². The number of esters is 1. The van der Waals surface area contributed by atoms with E-state index in [4.69, 9.17) is 14.7 Å². The first-order chi connectivity index (χ1) is 12.1. The van der Waals surface area contributed by atoms with Crippen molar-refractivity contribution in [3.05, 3.63) is 23.5 Å². The summed E-state index contributed by atoms with van der Waals surface area (Å²) in [6.07, 6.45) is -4.28. The summed E-state index contributed by atoms with van der Waals surface area (Å²) in [5, 5.41) is 20.7. The average Bonchev–Trinajstić information content (AvgIpc) is 3.06. The largest absolute Gasteiger partial charge is 0.457 e. The highest BCUT2D eigenvalue weighted by Gasteiger charge is 2.43. The Balaban J connectivity index is 2.15. The predicted molar refractivity (Wildman–Crippen MR) is 78.5 cm³/mol. The maximum Gasteiger partial charge on any atom is 0.419 e. The van der Waals surface area contributed by atoms with Crippen LogP contribution in [0.4, 0.5) is 18.9 Å². The molecule has 0 radical (unpaired) electrons. The molecule has 0 bridgehead atoms. The van der Waals surface area contributed by atoms with Crippen LogP contribution in [0.5, 0.6) is 0 Å². The van der Waals surface area contributed by atoms with E-state index in [0.717, 1.165) is 13.1 Å². The molecule has 11 heteroatoms. The second-order valence-corrected chi connectivity index (χ2v) is 5.65. The van der Waals surface area contributed by atoms with Gasteiger partial charge in [0, 0.05) is 6.42 Å². The Morgan fingerprint density at radius 2 is 2.19 bits per heavy atom. The molecule has 8 nitrogen and oxygen atoms in total. The summed E-state index contributed by atoms with van der Waals surface area (Å²) in [5.41, 5.74) is -5.32. The molecule has 1 aromatic rings. The van der Waals surface area contributed by atoms with Gasteiger partial charge in [0.2, 0.25) is 5.60 Å². The number of alkyl halides is 3. The van der Waals surface area contributed by atoms with Crippen LogP contribution in [0.3, 0.4) is 0 Å². The summed E-state index contributed by atoms with van der Waals surface area (Å²) in [5.74, 6) is -2.57. The van der Waals surface area contributed by atoms with Crippen LogP contribution in [0.15, 0.2) is 12.3 Å². The van der Waals surface area contributed by atoms with E-state index in [0.29, 0.717) is 19.1 Å². The van der Waals surface area contributed by atoms with Crippen molar-refractivity contribution >= 4 is 17.6 Å². The van der Waals surface area contributed by atoms with E-state index < -0.39 is 46.7 Å².